The van der Waals surface area contributed by atoms with Crippen molar-refractivity contribution in [3.63, 3.8) is 0 Å². The van der Waals surface area contributed by atoms with Gasteiger partial charge in [0.25, 0.3) is 0 Å². The molecular formula is C9H20N4. The maximum atomic E-state index is 4.27. The monoisotopic (exact) mass is 184 g/mol. The van der Waals surface area contributed by atoms with Gasteiger partial charge in [-0.2, -0.15) is 5.01 Å². The highest BCUT2D eigenvalue weighted by atomic mass is 15.9. The van der Waals surface area contributed by atoms with E-state index in [1.165, 1.54) is 0 Å². The van der Waals surface area contributed by atoms with Gasteiger partial charge in [-0.15, -0.1) is 5.11 Å². The summed E-state index contributed by atoms with van der Waals surface area (Å²) in [6, 6.07) is 0.391. The maximum Gasteiger partial charge on any atom is 0.146 e. The van der Waals surface area contributed by atoms with Gasteiger partial charge >= 0.3 is 0 Å². The highest BCUT2D eigenvalue weighted by molar-refractivity contribution is 4.73. The first-order chi connectivity index (χ1) is 6.07. The summed E-state index contributed by atoms with van der Waals surface area (Å²) in [4.78, 5) is 0. The smallest absolute Gasteiger partial charge is 0.146 e. The van der Waals surface area contributed by atoms with E-state index in [2.05, 4.69) is 50.1 Å². The fraction of sp³-hybridized carbons (Fsp3) is 1.00. The van der Waals surface area contributed by atoms with E-state index in [4.69, 9.17) is 0 Å². The summed E-state index contributed by atoms with van der Waals surface area (Å²) in [5.74, 6) is 0.567. The van der Waals surface area contributed by atoms with Crippen molar-refractivity contribution in [1.29, 1.82) is 0 Å². The highest BCUT2D eigenvalue weighted by Gasteiger charge is 2.30. The third kappa shape index (κ3) is 1.99. The van der Waals surface area contributed by atoms with Gasteiger partial charge in [-0.1, -0.05) is 25.5 Å². The van der Waals surface area contributed by atoms with Crippen LogP contribution in [0.4, 0.5) is 0 Å². The topological polar surface area (TPSA) is 31.2 Å². The minimum absolute atomic E-state index is 0.229. The summed E-state index contributed by atoms with van der Waals surface area (Å²) in [5, 5.41) is 12.5. The van der Waals surface area contributed by atoms with Crippen molar-refractivity contribution in [2.45, 2.75) is 46.3 Å². The number of hydrogen-bond donors (Lipinski definition) is 0. The molecule has 0 spiro atoms. The number of nitrogens with zero attached hydrogens (tertiary/aromatic N) is 4. The lowest BCUT2D eigenvalue weighted by molar-refractivity contribution is -0.0361. The predicted octanol–water partition coefficient (Wildman–Crippen LogP) is 2.30. The molecule has 0 N–H and O–H groups in total. The molecule has 1 aliphatic heterocycles. The molecular weight excluding hydrogens is 164 g/mol. The van der Waals surface area contributed by atoms with Crippen molar-refractivity contribution < 1.29 is 0 Å². The summed E-state index contributed by atoms with van der Waals surface area (Å²) in [6.45, 7) is 8.64. The van der Waals surface area contributed by atoms with E-state index in [1.54, 1.807) is 0 Å². The Bertz CT molecular complexity index is 190. The fourth-order valence-corrected chi connectivity index (χ4v) is 1.53. The zero-order valence-electron chi connectivity index (χ0n) is 9.23. The maximum absolute atomic E-state index is 4.27. The molecule has 0 aliphatic carbocycles. The van der Waals surface area contributed by atoms with E-state index in [-0.39, 0.29) is 6.17 Å². The molecule has 2 unspecified atom stereocenters. The summed E-state index contributed by atoms with van der Waals surface area (Å²) in [7, 11) is 2.05. The Labute approximate surface area is 80.6 Å². The van der Waals surface area contributed by atoms with Crippen LogP contribution in [-0.2, 0) is 0 Å². The molecule has 0 fully saturated rings. The molecule has 0 saturated heterocycles. The lowest BCUT2D eigenvalue weighted by Gasteiger charge is -2.30. The van der Waals surface area contributed by atoms with Crippen LogP contribution in [0, 0.1) is 5.92 Å². The van der Waals surface area contributed by atoms with Crippen LogP contribution in [0.25, 0.3) is 0 Å². The zero-order chi connectivity index (χ0) is 10.0. The Balaban J connectivity index is 2.60. The highest BCUT2D eigenvalue weighted by Crippen LogP contribution is 2.23. The molecule has 0 amide bonds. The first-order valence-electron chi connectivity index (χ1n) is 5.00. The van der Waals surface area contributed by atoms with E-state index < -0.39 is 0 Å². The molecule has 2 atom stereocenters. The molecule has 0 radical (unpaired) electrons. The molecule has 13 heavy (non-hydrogen) atoms. The fourth-order valence-electron chi connectivity index (χ4n) is 1.53. The van der Waals surface area contributed by atoms with Crippen molar-refractivity contribution in [3.8, 4) is 0 Å². The molecule has 0 bridgehead atoms. The lowest BCUT2D eigenvalue weighted by Crippen LogP contribution is -2.43. The molecule has 4 nitrogen and oxygen atoms in total. The minimum atomic E-state index is 0.229. The van der Waals surface area contributed by atoms with Gasteiger partial charge in [0.05, 0.1) is 6.04 Å². The van der Waals surface area contributed by atoms with Crippen LogP contribution in [0.3, 0.4) is 0 Å². The first kappa shape index (κ1) is 10.4. The van der Waals surface area contributed by atoms with Crippen LogP contribution < -0.4 is 0 Å². The van der Waals surface area contributed by atoms with Crippen molar-refractivity contribution in [2.24, 2.45) is 16.3 Å². The van der Waals surface area contributed by atoms with Gasteiger partial charge in [-0.25, -0.2) is 5.12 Å². The first-order valence-corrected chi connectivity index (χ1v) is 5.00. The Kier molecular flexibility index (Phi) is 3.25. The average molecular weight is 184 g/mol. The lowest BCUT2D eigenvalue weighted by atomic mass is 10.1. The van der Waals surface area contributed by atoms with Gasteiger partial charge in [0.1, 0.15) is 6.17 Å². The van der Waals surface area contributed by atoms with Gasteiger partial charge in [0.2, 0.25) is 0 Å². The Morgan fingerprint density at radius 1 is 1.31 bits per heavy atom. The Hall–Kier alpha value is -0.640. The summed E-state index contributed by atoms with van der Waals surface area (Å²) in [5.41, 5.74) is 0. The molecule has 4 heteroatoms. The van der Waals surface area contributed by atoms with Crippen LogP contribution in [0.2, 0.25) is 0 Å². The van der Waals surface area contributed by atoms with E-state index >= 15 is 0 Å². The minimum Gasteiger partial charge on any atom is -0.204 e. The van der Waals surface area contributed by atoms with Crippen LogP contribution in [0.15, 0.2) is 10.3 Å². The van der Waals surface area contributed by atoms with E-state index in [1.807, 2.05) is 5.12 Å². The summed E-state index contributed by atoms with van der Waals surface area (Å²) < 4.78 is 0. The molecule has 1 heterocycles. The molecule has 0 aromatic rings. The van der Waals surface area contributed by atoms with Gasteiger partial charge in [0, 0.05) is 7.05 Å². The van der Waals surface area contributed by atoms with E-state index in [0.29, 0.717) is 12.0 Å². The standard InChI is InChI=1S/C9H20N4/c1-6-8(4)9-10-11-13(7(2)3)12(9)5/h7-9H,6H2,1-5H3. The molecule has 1 aliphatic rings. The second-order valence-corrected chi connectivity index (χ2v) is 3.99. The van der Waals surface area contributed by atoms with Gasteiger partial charge < -0.3 is 0 Å². The molecule has 0 aromatic heterocycles. The Morgan fingerprint density at radius 3 is 2.31 bits per heavy atom. The van der Waals surface area contributed by atoms with E-state index in [9.17, 15) is 0 Å². The Morgan fingerprint density at radius 2 is 1.92 bits per heavy atom. The van der Waals surface area contributed by atoms with Crippen LogP contribution in [0.1, 0.15) is 34.1 Å². The summed E-state index contributed by atoms with van der Waals surface area (Å²) >= 11 is 0. The largest absolute Gasteiger partial charge is 0.204 e. The third-order valence-corrected chi connectivity index (χ3v) is 2.58. The van der Waals surface area contributed by atoms with Crippen LogP contribution in [-0.4, -0.2) is 29.4 Å². The van der Waals surface area contributed by atoms with Crippen molar-refractivity contribution in [3.05, 3.63) is 0 Å². The SMILES string of the molecule is CCC(C)C1N=NN(C(C)C)N1C. The van der Waals surface area contributed by atoms with Gasteiger partial charge in [0.15, 0.2) is 0 Å². The molecule has 76 valence electrons. The zero-order valence-corrected chi connectivity index (χ0v) is 9.23. The number of rotatable bonds is 3. The normalized spacial score (nSPS) is 26.0. The number of hydrogen-bond acceptors (Lipinski definition) is 4. The molecule has 0 aromatic carbocycles. The van der Waals surface area contributed by atoms with Crippen molar-refractivity contribution in [2.75, 3.05) is 7.05 Å². The molecule has 0 saturated carbocycles. The second kappa shape index (κ2) is 4.05. The predicted molar refractivity (Wildman–Crippen MR) is 52.8 cm³/mol. The van der Waals surface area contributed by atoms with Crippen molar-refractivity contribution >= 4 is 0 Å². The summed E-state index contributed by atoms with van der Waals surface area (Å²) in [6.07, 6.45) is 1.37. The quantitative estimate of drug-likeness (QED) is 0.674. The molecule has 1 rings (SSSR count). The third-order valence-electron chi connectivity index (χ3n) is 2.58. The van der Waals surface area contributed by atoms with Gasteiger partial charge in [-0.3, -0.25) is 0 Å². The number of hydrazine groups is 1. The van der Waals surface area contributed by atoms with E-state index in [0.717, 1.165) is 6.42 Å². The van der Waals surface area contributed by atoms with Crippen LogP contribution in [0.5, 0.6) is 0 Å². The van der Waals surface area contributed by atoms with Crippen molar-refractivity contribution in [1.82, 2.24) is 10.1 Å². The second-order valence-electron chi connectivity index (χ2n) is 3.99. The average Bonchev–Trinajstić information content (AvgIpc) is 2.46. The van der Waals surface area contributed by atoms with Gasteiger partial charge in [-0.05, 0) is 19.8 Å². The van der Waals surface area contributed by atoms with Crippen LogP contribution >= 0.6 is 0 Å².